The van der Waals surface area contributed by atoms with Gasteiger partial charge in [0, 0.05) is 33.2 Å². The van der Waals surface area contributed by atoms with Crippen LogP contribution in [0.3, 0.4) is 0 Å². The number of aromatic nitrogens is 4. The van der Waals surface area contributed by atoms with Crippen LogP contribution >= 0.6 is 11.6 Å². The number of hydrogen-bond donors (Lipinski definition) is 1. The Hall–Kier alpha value is -3.25. The number of halogens is 1. The van der Waals surface area contributed by atoms with Crippen molar-refractivity contribution in [2.24, 2.45) is 0 Å². The number of hydrogen-bond acceptors (Lipinski definition) is 4. The Morgan fingerprint density at radius 1 is 1.03 bits per heavy atom. The molecule has 30 heavy (non-hydrogen) atoms. The topological polar surface area (TPSA) is 72.2 Å². The third-order valence-corrected chi connectivity index (χ3v) is 5.56. The molecule has 2 aromatic carbocycles. The molecule has 0 saturated heterocycles. The van der Waals surface area contributed by atoms with Crippen molar-refractivity contribution in [1.82, 2.24) is 19.6 Å². The van der Waals surface area contributed by atoms with E-state index in [2.05, 4.69) is 20.4 Å². The second kappa shape index (κ2) is 7.88. The van der Waals surface area contributed by atoms with Crippen molar-refractivity contribution >= 4 is 29.0 Å². The molecule has 2 heterocycles. The molecule has 0 unspecified atom stereocenters. The predicted molar refractivity (Wildman–Crippen MR) is 119 cm³/mol. The number of fused-ring (bicyclic) bond motifs is 1. The first kappa shape index (κ1) is 20.0. The number of rotatable bonds is 4. The van der Waals surface area contributed by atoms with Gasteiger partial charge in [-0.3, -0.25) is 4.79 Å². The largest absolute Gasteiger partial charge is 0.326 e. The number of amides is 1. The molecule has 0 fully saturated rings. The van der Waals surface area contributed by atoms with E-state index in [0.717, 1.165) is 28.1 Å². The molecule has 1 amide bonds. The van der Waals surface area contributed by atoms with Gasteiger partial charge in [0.2, 0.25) is 5.91 Å². The van der Waals surface area contributed by atoms with Crippen LogP contribution in [0.25, 0.3) is 17.2 Å². The Balaban J connectivity index is 1.63. The van der Waals surface area contributed by atoms with Crippen molar-refractivity contribution in [3.63, 3.8) is 0 Å². The highest BCUT2D eigenvalue weighted by atomic mass is 35.5. The summed E-state index contributed by atoms with van der Waals surface area (Å²) in [4.78, 5) is 21.8. The first-order chi connectivity index (χ1) is 14.3. The van der Waals surface area contributed by atoms with Gasteiger partial charge < -0.3 is 5.32 Å². The van der Waals surface area contributed by atoms with Crippen LogP contribution in [0.5, 0.6) is 0 Å². The maximum Gasteiger partial charge on any atom is 0.253 e. The highest BCUT2D eigenvalue weighted by Gasteiger charge is 2.17. The predicted octanol–water partition coefficient (Wildman–Crippen LogP) is 4.86. The van der Waals surface area contributed by atoms with Crippen molar-refractivity contribution in [3.05, 3.63) is 75.6 Å². The van der Waals surface area contributed by atoms with Crippen LogP contribution in [0.2, 0.25) is 5.02 Å². The second-order valence-electron chi connectivity index (χ2n) is 7.46. The Morgan fingerprint density at radius 2 is 1.77 bits per heavy atom. The second-order valence-corrected chi connectivity index (χ2v) is 7.87. The fourth-order valence-electron chi connectivity index (χ4n) is 3.33. The molecule has 0 aliphatic heterocycles. The summed E-state index contributed by atoms with van der Waals surface area (Å²) in [6.07, 6.45) is 0.186. The lowest BCUT2D eigenvalue weighted by molar-refractivity contribution is -0.115. The SMILES string of the molecule is Cc1ccc(-c2nc3nc(C)c(CC(=O)Nc4ccc(C)c(Cl)c4)c(C)n3n2)cc1. The summed E-state index contributed by atoms with van der Waals surface area (Å²) in [5.74, 6) is 0.997. The van der Waals surface area contributed by atoms with Crippen LogP contribution in [-0.4, -0.2) is 25.5 Å². The zero-order valence-electron chi connectivity index (χ0n) is 17.3. The van der Waals surface area contributed by atoms with Crippen LogP contribution in [0.4, 0.5) is 5.69 Å². The van der Waals surface area contributed by atoms with Crippen LogP contribution in [0.15, 0.2) is 42.5 Å². The first-order valence-electron chi connectivity index (χ1n) is 9.67. The van der Waals surface area contributed by atoms with E-state index < -0.39 is 0 Å². The van der Waals surface area contributed by atoms with Gasteiger partial charge in [0.15, 0.2) is 5.82 Å². The molecule has 1 N–H and O–H groups in total. The molecule has 0 spiro atoms. The lowest BCUT2D eigenvalue weighted by atomic mass is 10.1. The number of nitrogens with one attached hydrogen (secondary N) is 1. The van der Waals surface area contributed by atoms with Crippen LogP contribution < -0.4 is 5.32 Å². The monoisotopic (exact) mass is 419 g/mol. The maximum absolute atomic E-state index is 12.6. The van der Waals surface area contributed by atoms with Gasteiger partial charge in [0.05, 0.1) is 6.42 Å². The first-order valence-corrected chi connectivity index (χ1v) is 10.1. The summed E-state index contributed by atoms with van der Waals surface area (Å²) in [5.41, 5.74) is 6.18. The number of aryl methyl sites for hydroxylation is 4. The number of carbonyl (C=O) groups is 1. The molecule has 0 saturated carbocycles. The van der Waals surface area contributed by atoms with E-state index in [1.807, 2.05) is 64.1 Å². The third-order valence-electron chi connectivity index (χ3n) is 5.15. The highest BCUT2D eigenvalue weighted by Crippen LogP contribution is 2.22. The van der Waals surface area contributed by atoms with E-state index in [9.17, 15) is 4.79 Å². The van der Waals surface area contributed by atoms with E-state index in [4.69, 9.17) is 11.6 Å². The highest BCUT2D eigenvalue weighted by molar-refractivity contribution is 6.31. The molecule has 6 nitrogen and oxygen atoms in total. The molecule has 7 heteroatoms. The minimum atomic E-state index is -0.138. The van der Waals surface area contributed by atoms with Gasteiger partial charge in [0.25, 0.3) is 5.78 Å². The molecule has 0 atom stereocenters. The van der Waals surface area contributed by atoms with E-state index in [0.29, 0.717) is 22.3 Å². The van der Waals surface area contributed by atoms with Crippen molar-refractivity contribution in [3.8, 4) is 11.4 Å². The molecule has 0 aliphatic carbocycles. The molecule has 152 valence electrons. The molecule has 2 aromatic heterocycles. The fraction of sp³-hybridized carbons (Fsp3) is 0.217. The Bertz CT molecular complexity index is 1260. The summed E-state index contributed by atoms with van der Waals surface area (Å²) in [6, 6.07) is 13.5. The molecule has 4 aromatic rings. The molecular formula is C23H22ClN5O. The third kappa shape index (κ3) is 3.91. The number of benzene rings is 2. The minimum Gasteiger partial charge on any atom is -0.326 e. The summed E-state index contributed by atoms with van der Waals surface area (Å²) >= 11 is 6.15. The fourth-order valence-corrected chi connectivity index (χ4v) is 3.51. The Kier molecular flexibility index (Phi) is 5.26. The molecule has 0 bridgehead atoms. The van der Waals surface area contributed by atoms with Crippen LogP contribution in [0.1, 0.15) is 28.1 Å². The van der Waals surface area contributed by atoms with Crippen LogP contribution in [-0.2, 0) is 11.2 Å². The quantitative estimate of drug-likeness (QED) is 0.512. The van der Waals surface area contributed by atoms with Crippen molar-refractivity contribution in [2.45, 2.75) is 34.1 Å². The van der Waals surface area contributed by atoms with E-state index in [1.165, 1.54) is 5.56 Å². The average Bonchev–Trinajstić information content (AvgIpc) is 3.12. The number of nitrogens with zero attached hydrogens (tertiary/aromatic N) is 4. The van der Waals surface area contributed by atoms with Gasteiger partial charge in [-0.25, -0.2) is 9.50 Å². The van der Waals surface area contributed by atoms with Crippen molar-refractivity contribution in [1.29, 1.82) is 0 Å². The van der Waals surface area contributed by atoms with Gasteiger partial charge >= 0.3 is 0 Å². The normalized spacial score (nSPS) is 11.1. The Morgan fingerprint density at radius 3 is 2.47 bits per heavy atom. The summed E-state index contributed by atoms with van der Waals surface area (Å²) in [6.45, 7) is 7.78. The van der Waals surface area contributed by atoms with E-state index in [1.54, 1.807) is 10.6 Å². The van der Waals surface area contributed by atoms with E-state index in [-0.39, 0.29) is 12.3 Å². The molecule has 4 rings (SSSR count). The van der Waals surface area contributed by atoms with Crippen molar-refractivity contribution < 1.29 is 4.79 Å². The molecule has 0 radical (unpaired) electrons. The number of anilines is 1. The van der Waals surface area contributed by atoms with Crippen LogP contribution in [0, 0.1) is 27.7 Å². The number of carbonyl (C=O) groups excluding carboxylic acids is 1. The van der Waals surface area contributed by atoms with Gasteiger partial charge in [-0.2, -0.15) is 4.98 Å². The summed E-state index contributed by atoms with van der Waals surface area (Å²) in [5, 5.41) is 8.14. The average molecular weight is 420 g/mol. The standard InChI is InChI=1S/C23H22ClN5O/c1-13-5-8-17(9-6-13)22-27-23-25-15(3)19(16(4)29(23)28-22)12-21(30)26-18-10-7-14(2)20(24)11-18/h5-11H,12H2,1-4H3,(H,26,30). The van der Waals surface area contributed by atoms with Gasteiger partial charge in [-0.15, -0.1) is 5.10 Å². The van der Waals surface area contributed by atoms with Gasteiger partial charge in [0.1, 0.15) is 0 Å². The smallest absolute Gasteiger partial charge is 0.253 e. The van der Waals surface area contributed by atoms with E-state index >= 15 is 0 Å². The zero-order chi connectivity index (χ0) is 21.4. The van der Waals surface area contributed by atoms with Gasteiger partial charge in [-0.1, -0.05) is 47.5 Å². The van der Waals surface area contributed by atoms with Crippen molar-refractivity contribution in [2.75, 3.05) is 5.32 Å². The Labute approximate surface area is 179 Å². The minimum absolute atomic E-state index is 0.138. The molecule has 0 aliphatic rings. The maximum atomic E-state index is 12.6. The molecular weight excluding hydrogens is 398 g/mol. The van der Waals surface area contributed by atoms with Gasteiger partial charge in [-0.05, 0) is 45.4 Å². The zero-order valence-corrected chi connectivity index (χ0v) is 18.1. The summed E-state index contributed by atoms with van der Waals surface area (Å²) < 4.78 is 1.70. The lowest BCUT2D eigenvalue weighted by Gasteiger charge is -2.11. The lowest BCUT2D eigenvalue weighted by Crippen LogP contribution is -2.17. The summed E-state index contributed by atoms with van der Waals surface area (Å²) in [7, 11) is 0.